The van der Waals surface area contributed by atoms with Crippen molar-refractivity contribution < 1.29 is 9.18 Å². The van der Waals surface area contributed by atoms with Gasteiger partial charge in [-0.2, -0.15) is 0 Å². The van der Waals surface area contributed by atoms with Gasteiger partial charge in [-0.3, -0.25) is 4.79 Å². The number of para-hydroxylation sites is 1. The highest BCUT2D eigenvalue weighted by Crippen LogP contribution is 2.20. The molecule has 1 N–H and O–H groups in total. The summed E-state index contributed by atoms with van der Waals surface area (Å²) in [6.45, 7) is 1.77. The molecule has 1 aliphatic rings. The third-order valence-corrected chi connectivity index (χ3v) is 4.99. The molecule has 0 radical (unpaired) electrons. The Morgan fingerprint density at radius 3 is 2.78 bits per heavy atom. The van der Waals surface area contributed by atoms with Crippen LogP contribution in [0.2, 0.25) is 0 Å². The van der Waals surface area contributed by atoms with Crippen molar-refractivity contribution in [3.05, 3.63) is 63.5 Å². The predicted octanol–water partition coefficient (Wildman–Crippen LogP) is 3.83. The largest absolute Gasteiger partial charge is 0.369 e. The van der Waals surface area contributed by atoms with Crippen LogP contribution in [0.15, 0.2) is 48.5 Å². The van der Waals surface area contributed by atoms with Gasteiger partial charge in [0.25, 0.3) is 5.91 Å². The van der Waals surface area contributed by atoms with Gasteiger partial charge in [0.05, 0.1) is 5.56 Å². The first-order chi connectivity index (χ1) is 11.1. The van der Waals surface area contributed by atoms with E-state index < -0.39 is 0 Å². The highest BCUT2D eigenvalue weighted by atomic mass is 127. The molecule has 1 aliphatic heterocycles. The maximum Gasteiger partial charge on any atom is 0.252 e. The third-order valence-electron chi connectivity index (χ3n) is 4.05. The molecule has 3 nitrogen and oxygen atoms in total. The number of amides is 1. The topological polar surface area (TPSA) is 32.3 Å². The van der Waals surface area contributed by atoms with Gasteiger partial charge in [-0.25, -0.2) is 4.39 Å². The molecule has 0 aromatic heterocycles. The Labute approximate surface area is 149 Å². The van der Waals surface area contributed by atoms with E-state index in [1.165, 1.54) is 17.8 Å². The van der Waals surface area contributed by atoms with Crippen molar-refractivity contribution in [1.82, 2.24) is 5.32 Å². The van der Waals surface area contributed by atoms with Crippen molar-refractivity contribution >= 4 is 34.2 Å². The van der Waals surface area contributed by atoms with Crippen LogP contribution in [0.1, 0.15) is 23.2 Å². The first-order valence-electron chi connectivity index (χ1n) is 7.69. The molecule has 2 aromatic rings. The number of hydrogen-bond acceptors (Lipinski definition) is 2. The van der Waals surface area contributed by atoms with E-state index in [4.69, 9.17) is 0 Å². The van der Waals surface area contributed by atoms with E-state index in [1.807, 2.05) is 18.2 Å². The van der Waals surface area contributed by atoms with E-state index in [2.05, 4.69) is 44.9 Å². The van der Waals surface area contributed by atoms with Gasteiger partial charge in [0, 0.05) is 28.4 Å². The highest BCUT2D eigenvalue weighted by Gasteiger charge is 2.23. The lowest BCUT2D eigenvalue weighted by atomic mass is 10.0. The van der Waals surface area contributed by atoms with Crippen molar-refractivity contribution in [2.45, 2.75) is 18.9 Å². The Balaban J connectivity index is 1.68. The number of carbonyl (C=O) groups excluding carboxylic acids is 1. The standard InChI is InChI=1S/C18H18FIN2O/c19-13-8-9-17(20)16(11-13)18(23)21-14-5-4-10-22(12-14)15-6-2-1-3-7-15/h1-3,6-9,11,14H,4-5,10,12H2,(H,21,23). The molecule has 23 heavy (non-hydrogen) atoms. The van der Waals surface area contributed by atoms with Crippen LogP contribution in [-0.2, 0) is 0 Å². The molecule has 1 heterocycles. The van der Waals surface area contributed by atoms with Crippen molar-refractivity contribution in [3.8, 4) is 0 Å². The number of carbonyl (C=O) groups is 1. The summed E-state index contributed by atoms with van der Waals surface area (Å²) in [6.07, 6.45) is 1.97. The van der Waals surface area contributed by atoms with Gasteiger partial charge in [-0.1, -0.05) is 18.2 Å². The lowest BCUT2D eigenvalue weighted by Crippen LogP contribution is -2.48. The van der Waals surface area contributed by atoms with Crippen LogP contribution in [0.4, 0.5) is 10.1 Å². The molecule has 120 valence electrons. The van der Waals surface area contributed by atoms with Gasteiger partial charge >= 0.3 is 0 Å². The number of anilines is 1. The lowest BCUT2D eigenvalue weighted by Gasteiger charge is -2.34. The van der Waals surface area contributed by atoms with Crippen molar-refractivity contribution in [1.29, 1.82) is 0 Å². The summed E-state index contributed by atoms with van der Waals surface area (Å²) in [5.74, 6) is -0.584. The van der Waals surface area contributed by atoms with Gasteiger partial charge < -0.3 is 10.2 Å². The highest BCUT2D eigenvalue weighted by molar-refractivity contribution is 14.1. The number of hydrogen-bond donors (Lipinski definition) is 1. The minimum absolute atomic E-state index is 0.0792. The molecule has 0 bridgehead atoms. The molecular weight excluding hydrogens is 406 g/mol. The van der Waals surface area contributed by atoms with E-state index in [1.54, 1.807) is 6.07 Å². The van der Waals surface area contributed by atoms with Crippen LogP contribution < -0.4 is 10.2 Å². The average Bonchev–Trinajstić information content (AvgIpc) is 2.58. The van der Waals surface area contributed by atoms with Crippen LogP contribution in [0.5, 0.6) is 0 Å². The van der Waals surface area contributed by atoms with Crippen LogP contribution in [0.3, 0.4) is 0 Å². The van der Waals surface area contributed by atoms with Crippen LogP contribution in [0.25, 0.3) is 0 Å². The number of nitrogens with one attached hydrogen (secondary N) is 1. The fourth-order valence-corrected chi connectivity index (χ4v) is 3.48. The Morgan fingerprint density at radius 2 is 2.00 bits per heavy atom. The molecule has 1 fully saturated rings. The number of halogens is 2. The number of rotatable bonds is 3. The Bertz CT molecular complexity index is 693. The molecule has 0 spiro atoms. The van der Waals surface area contributed by atoms with Crippen molar-refractivity contribution in [2.24, 2.45) is 0 Å². The summed E-state index contributed by atoms with van der Waals surface area (Å²) >= 11 is 2.06. The molecule has 3 rings (SSSR count). The fourth-order valence-electron chi connectivity index (χ4n) is 2.90. The van der Waals surface area contributed by atoms with Crippen molar-refractivity contribution in [3.63, 3.8) is 0 Å². The number of piperidine rings is 1. The maximum absolute atomic E-state index is 13.4. The quantitative estimate of drug-likeness (QED) is 0.760. The van der Waals surface area contributed by atoms with Crippen LogP contribution >= 0.6 is 22.6 Å². The predicted molar refractivity (Wildman–Crippen MR) is 98.3 cm³/mol. The molecule has 1 saturated heterocycles. The summed E-state index contributed by atoms with van der Waals surface area (Å²) < 4.78 is 14.1. The van der Waals surface area contributed by atoms with E-state index in [0.717, 1.165) is 29.5 Å². The van der Waals surface area contributed by atoms with Gasteiger partial charge in [0.2, 0.25) is 0 Å². The molecule has 0 aliphatic carbocycles. The van der Waals surface area contributed by atoms with Crippen LogP contribution in [0, 0.1) is 9.39 Å². The molecule has 1 atom stereocenters. The van der Waals surface area contributed by atoms with E-state index in [0.29, 0.717) is 5.56 Å². The normalized spacial score (nSPS) is 17.8. The average molecular weight is 424 g/mol. The smallest absolute Gasteiger partial charge is 0.252 e. The van der Waals surface area contributed by atoms with E-state index in [-0.39, 0.29) is 17.8 Å². The second-order valence-electron chi connectivity index (χ2n) is 5.72. The Morgan fingerprint density at radius 1 is 1.22 bits per heavy atom. The van der Waals surface area contributed by atoms with E-state index in [9.17, 15) is 9.18 Å². The summed E-state index contributed by atoms with van der Waals surface area (Å²) in [4.78, 5) is 14.7. The first-order valence-corrected chi connectivity index (χ1v) is 8.77. The fraction of sp³-hybridized carbons (Fsp3) is 0.278. The number of benzene rings is 2. The summed E-state index contributed by atoms with van der Waals surface area (Å²) in [5.41, 5.74) is 1.58. The molecule has 1 unspecified atom stereocenters. The first kappa shape index (κ1) is 16.2. The zero-order valence-corrected chi connectivity index (χ0v) is 14.8. The monoisotopic (exact) mass is 424 g/mol. The second-order valence-corrected chi connectivity index (χ2v) is 6.88. The van der Waals surface area contributed by atoms with Gasteiger partial charge in [-0.15, -0.1) is 0 Å². The summed E-state index contributed by atoms with van der Waals surface area (Å²) in [7, 11) is 0. The van der Waals surface area contributed by atoms with Crippen molar-refractivity contribution in [2.75, 3.05) is 18.0 Å². The van der Waals surface area contributed by atoms with Gasteiger partial charge in [0.1, 0.15) is 5.82 Å². The Kier molecular flexibility index (Phi) is 5.15. The maximum atomic E-state index is 13.4. The lowest BCUT2D eigenvalue weighted by molar-refractivity contribution is 0.0932. The third kappa shape index (κ3) is 4.02. The van der Waals surface area contributed by atoms with E-state index >= 15 is 0 Å². The molecule has 2 aromatic carbocycles. The minimum Gasteiger partial charge on any atom is -0.369 e. The SMILES string of the molecule is O=C(NC1CCCN(c2ccccc2)C1)c1cc(F)ccc1I. The van der Waals surface area contributed by atoms with Gasteiger partial charge in [-0.05, 0) is 65.8 Å². The minimum atomic E-state index is -0.384. The summed E-state index contributed by atoms with van der Waals surface area (Å²) in [6, 6.07) is 14.6. The zero-order chi connectivity index (χ0) is 16.2. The summed E-state index contributed by atoms with van der Waals surface area (Å²) in [5, 5.41) is 3.05. The molecule has 5 heteroatoms. The van der Waals surface area contributed by atoms with Gasteiger partial charge in [0.15, 0.2) is 0 Å². The van der Waals surface area contributed by atoms with Crippen LogP contribution in [-0.4, -0.2) is 25.0 Å². The molecule has 1 amide bonds. The molecular formula is C18H18FIN2O. The second kappa shape index (κ2) is 7.29. The zero-order valence-electron chi connectivity index (χ0n) is 12.6. The Hall–Kier alpha value is -1.63. The molecule has 0 saturated carbocycles. The number of nitrogens with zero attached hydrogens (tertiary/aromatic N) is 1.